The number of carbonyl (C=O) groups excluding carboxylic acids is 1. The molecule has 1 aliphatic rings. The van der Waals surface area contributed by atoms with E-state index in [0.717, 1.165) is 12.8 Å². The molecule has 0 saturated heterocycles. The fourth-order valence-electron chi connectivity index (χ4n) is 2.19. The Hall–Kier alpha value is -0.790. The van der Waals surface area contributed by atoms with Gasteiger partial charge in [0.1, 0.15) is 6.10 Å². The highest BCUT2D eigenvalue weighted by Gasteiger charge is 2.06. The lowest BCUT2D eigenvalue weighted by molar-refractivity contribution is -0.146. The number of rotatable bonds is 0. The van der Waals surface area contributed by atoms with Gasteiger partial charge < -0.3 is 4.74 Å². The molecule has 0 N–H and O–H groups in total. The summed E-state index contributed by atoms with van der Waals surface area (Å²) >= 11 is 0. The molecule has 2 nitrogen and oxygen atoms in total. The van der Waals surface area contributed by atoms with Crippen LogP contribution in [0.1, 0.15) is 71.1 Å². The van der Waals surface area contributed by atoms with Crippen molar-refractivity contribution in [2.75, 3.05) is 0 Å². The zero-order valence-electron chi connectivity index (χ0n) is 11.1. The lowest BCUT2D eigenvalue weighted by atomic mass is 10.1. The number of allylic oxidation sites excluding steroid dienone is 1. The van der Waals surface area contributed by atoms with Crippen LogP contribution in [0.2, 0.25) is 0 Å². The van der Waals surface area contributed by atoms with Gasteiger partial charge in [0.2, 0.25) is 0 Å². The Bertz CT molecular complexity index is 233. The van der Waals surface area contributed by atoms with Crippen LogP contribution in [0.4, 0.5) is 0 Å². The van der Waals surface area contributed by atoms with E-state index >= 15 is 0 Å². The van der Waals surface area contributed by atoms with Crippen molar-refractivity contribution in [1.82, 2.24) is 0 Å². The van der Waals surface area contributed by atoms with Crippen LogP contribution < -0.4 is 0 Å². The molecule has 1 atom stereocenters. The molecule has 0 bridgehead atoms. The minimum Gasteiger partial charge on any atom is -0.458 e. The lowest BCUT2D eigenvalue weighted by Crippen LogP contribution is -2.12. The normalized spacial score (nSPS) is 27.6. The molecule has 0 aromatic heterocycles. The fraction of sp³-hybridized carbons (Fsp3) is 0.800. The van der Waals surface area contributed by atoms with Crippen molar-refractivity contribution >= 4 is 5.97 Å². The number of hydrogen-bond donors (Lipinski definition) is 0. The molecule has 1 unspecified atom stereocenters. The summed E-state index contributed by atoms with van der Waals surface area (Å²) in [5.74, 6) is -0.0444. The van der Waals surface area contributed by atoms with Gasteiger partial charge in [-0.2, -0.15) is 0 Å². The number of cyclic esters (lactones) is 1. The molecule has 1 heterocycles. The molecule has 0 radical (unpaired) electrons. The summed E-state index contributed by atoms with van der Waals surface area (Å²) in [6, 6.07) is 0. The van der Waals surface area contributed by atoms with Gasteiger partial charge >= 0.3 is 5.97 Å². The van der Waals surface area contributed by atoms with Crippen LogP contribution in [0.15, 0.2) is 12.2 Å². The summed E-state index contributed by atoms with van der Waals surface area (Å²) in [7, 11) is 0. The zero-order valence-corrected chi connectivity index (χ0v) is 11.1. The van der Waals surface area contributed by atoms with E-state index in [1.165, 1.54) is 44.9 Å². The van der Waals surface area contributed by atoms with Crippen LogP contribution in [-0.2, 0) is 9.53 Å². The van der Waals surface area contributed by atoms with E-state index in [1.54, 1.807) is 0 Å². The number of hydrogen-bond acceptors (Lipinski definition) is 2. The van der Waals surface area contributed by atoms with Gasteiger partial charge in [0.25, 0.3) is 0 Å². The Morgan fingerprint density at radius 2 is 1.59 bits per heavy atom. The zero-order chi connectivity index (χ0) is 12.3. The predicted octanol–water partition coefficient (Wildman–Crippen LogP) is 4.39. The largest absolute Gasteiger partial charge is 0.458 e. The van der Waals surface area contributed by atoms with E-state index < -0.39 is 0 Å². The monoisotopic (exact) mass is 238 g/mol. The van der Waals surface area contributed by atoms with Gasteiger partial charge in [-0.3, -0.25) is 4.79 Å². The Morgan fingerprint density at radius 1 is 1.00 bits per heavy atom. The van der Waals surface area contributed by atoms with Gasteiger partial charge in [-0.05, 0) is 32.3 Å². The van der Waals surface area contributed by atoms with Crippen LogP contribution in [0.5, 0.6) is 0 Å². The molecule has 1 aliphatic heterocycles. The van der Waals surface area contributed by atoms with Crippen LogP contribution in [0.3, 0.4) is 0 Å². The van der Waals surface area contributed by atoms with Crippen molar-refractivity contribution in [2.24, 2.45) is 0 Å². The predicted molar refractivity (Wildman–Crippen MR) is 70.9 cm³/mol. The highest BCUT2D eigenvalue weighted by molar-refractivity contribution is 5.69. The van der Waals surface area contributed by atoms with Crippen molar-refractivity contribution in [2.45, 2.75) is 77.2 Å². The Morgan fingerprint density at radius 3 is 2.29 bits per heavy atom. The van der Waals surface area contributed by atoms with Gasteiger partial charge in [0, 0.05) is 6.42 Å². The summed E-state index contributed by atoms with van der Waals surface area (Å²) in [4.78, 5) is 11.5. The van der Waals surface area contributed by atoms with E-state index in [9.17, 15) is 4.79 Å². The minimum absolute atomic E-state index is 0.0444. The molecule has 0 aromatic rings. The maximum absolute atomic E-state index is 11.5. The molecule has 2 heteroatoms. The average molecular weight is 238 g/mol. The molecule has 17 heavy (non-hydrogen) atoms. The summed E-state index contributed by atoms with van der Waals surface area (Å²) in [6.07, 6.45) is 15.8. The molecule has 0 amide bonds. The van der Waals surface area contributed by atoms with E-state index in [0.29, 0.717) is 6.42 Å². The first-order valence-electron chi connectivity index (χ1n) is 7.15. The topological polar surface area (TPSA) is 26.3 Å². The van der Waals surface area contributed by atoms with Crippen LogP contribution in [0, 0.1) is 0 Å². The summed E-state index contributed by atoms with van der Waals surface area (Å²) in [6.45, 7) is 1.94. The van der Waals surface area contributed by atoms with Crippen LogP contribution >= 0.6 is 0 Å². The third-order valence-corrected chi connectivity index (χ3v) is 3.23. The van der Waals surface area contributed by atoms with E-state index in [-0.39, 0.29) is 12.1 Å². The summed E-state index contributed by atoms with van der Waals surface area (Å²) in [5, 5.41) is 0. The lowest BCUT2D eigenvalue weighted by Gasteiger charge is -2.08. The van der Waals surface area contributed by atoms with Gasteiger partial charge in [-0.25, -0.2) is 0 Å². The second-order valence-electron chi connectivity index (χ2n) is 4.99. The molecule has 0 saturated carbocycles. The van der Waals surface area contributed by atoms with Crippen molar-refractivity contribution in [3.63, 3.8) is 0 Å². The smallest absolute Gasteiger partial charge is 0.306 e. The molecule has 0 aliphatic carbocycles. The van der Waals surface area contributed by atoms with E-state index in [1.807, 2.05) is 13.0 Å². The van der Waals surface area contributed by atoms with Gasteiger partial charge in [-0.15, -0.1) is 0 Å². The highest BCUT2D eigenvalue weighted by atomic mass is 16.5. The standard InChI is InChI=1S/C15H26O2/c1-14-12-10-8-6-4-2-3-5-7-9-11-13-15(16)17-14/h10,12,14H,2-9,11,13H2,1H3/b12-10+. The molecule has 0 spiro atoms. The SMILES string of the molecule is CC1/C=C/CCCCCCCCCCC(=O)O1. The summed E-state index contributed by atoms with van der Waals surface area (Å²) < 4.78 is 5.30. The van der Waals surface area contributed by atoms with Crippen molar-refractivity contribution in [3.8, 4) is 0 Å². The summed E-state index contributed by atoms with van der Waals surface area (Å²) in [5.41, 5.74) is 0. The third-order valence-electron chi connectivity index (χ3n) is 3.23. The minimum atomic E-state index is -0.0624. The second-order valence-corrected chi connectivity index (χ2v) is 4.99. The quantitative estimate of drug-likeness (QED) is 0.462. The molecule has 98 valence electrons. The highest BCUT2D eigenvalue weighted by Crippen LogP contribution is 2.12. The Balaban J connectivity index is 2.31. The van der Waals surface area contributed by atoms with Crippen LogP contribution in [-0.4, -0.2) is 12.1 Å². The van der Waals surface area contributed by atoms with Crippen molar-refractivity contribution < 1.29 is 9.53 Å². The van der Waals surface area contributed by atoms with Crippen molar-refractivity contribution in [3.05, 3.63) is 12.2 Å². The molecule has 0 fully saturated rings. The molecule has 0 aromatic carbocycles. The Labute approximate surface area is 105 Å². The van der Waals surface area contributed by atoms with E-state index in [2.05, 4.69) is 6.08 Å². The maximum Gasteiger partial charge on any atom is 0.306 e. The second kappa shape index (κ2) is 9.26. The number of esters is 1. The third kappa shape index (κ3) is 8.00. The number of ether oxygens (including phenoxy) is 1. The van der Waals surface area contributed by atoms with Crippen LogP contribution in [0.25, 0.3) is 0 Å². The van der Waals surface area contributed by atoms with E-state index in [4.69, 9.17) is 4.74 Å². The Kier molecular flexibility index (Phi) is 7.78. The molecular formula is C15H26O2. The molecular weight excluding hydrogens is 212 g/mol. The van der Waals surface area contributed by atoms with Gasteiger partial charge in [0.05, 0.1) is 0 Å². The van der Waals surface area contributed by atoms with Gasteiger partial charge in [-0.1, -0.05) is 44.6 Å². The maximum atomic E-state index is 11.5. The van der Waals surface area contributed by atoms with Gasteiger partial charge in [0.15, 0.2) is 0 Å². The average Bonchev–Trinajstić information content (AvgIpc) is 2.30. The molecule has 1 rings (SSSR count). The first kappa shape index (κ1) is 14.3. The fourth-order valence-corrected chi connectivity index (χ4v) is 2.19. The first-order chi connectivity index (χ1) is 8.29. The van der Waals surface area contributed by atoms with Crippen molar-refractivity contribution in [1.29, 1.82) is 0 Å². The number of carbonyl (C=O) groups is 1. The first-order valence-corrected chi connectivity index (χ1v) is 7.15.